The van der Waals surface area contributed by atoms with Crippen LogP contribution in [0.15, 0.2) is 12.4 Å². The van der Waals surface area contributed by atoms with Crippen LogP contribution in [-0.4, -0.2) is 44.8 Å². The van der Waals surface area contributed by atoms with Gasteiger partial charge in [0.2, 0.25) is 5.91 Å². The third-order valence-electron chi connectivity index (χ3n) is 3.78. The van der Waals surface area contributed by atoms with Crippen LogP contribution in [0.25, 0.3) is 0 Å². The number of aromatic nitrogens is 2. The average Bonchev–Trinajstić information content (AvgIpc) is 2.85. The van der Waals surface area contributed by atoms with E-state index in [4.69, 9.17) is 5.11 Å². The fourth-order valence-corrected chi connectivity index (χ4v) is 2.88. The topological polar surface area (TPSA) is 75.4 Å². The molecule has 0 saturated carbocycles. The van der Waals surface area contributed by atoms with Crippen molar-refractivity contribution in [3.05, 3.63) is 18.0 Å². The average molecular weight is 279 g/mol. The molecule has 0 bridgehead atoms. The summed E-state index contributed by atoms with van der Waals surface area (Å²) in [6, 6.07) is -0.472. The zero-order valence-corrected chi connectivity index (χ0v) is 12.1. The van der Waals surface area contributed by atoms with Gasteiger partial charge in [0.15, 0.2) is 0 Å². The zero-order chi connectivity index (χ0) is 14.9. The van der Waals surface area contributed by atoms with Crippen molar-refractivity contribution in [3.8, 4) is 0 Å². The lowest BCUT2D eigenvalue weighted by atomic mass is 9.91. The van der Waals surface area contributed by atoms with E-state index in [1.807, 2.05) is 4.90 Å². The van der Waals surface area contributed by atoms with E-state index in [0.717, 1.165) is 19.5 Å². The molecular formula is C14H21N3O3. The van der Waals surface area contributed by atoms with Crippen LogP contribution in [0, 0.1) is 11.8 Å². The first-order valence-electron chi connectivity index (χ1n) is 6.94. The molecule has 3 atom stereocenters. The molecule has 20 heavy (non-hydrogen) atoms. The number of carbonyl (C=O) groups is 2. The quantitative estimate of drug-likeness (QED) is 0.912. The Hall–Kier alpha value is -1.85. The van der Waals surface area contributed by atoms with Crippen molar-refractivity contribution in [2.45, 2.75) is 33.2 Å². The molecule has 0 aromatic carbocycles. The highest BCUT2D eigenvalue weighted by molar-refractivity contribution is 5.87. The molecule has 1 saturated heterocycles. The van der Waals surface area contributed by atoms with Gasteiger partial charge in [0.1, 0.15) is 6.04 Å². The minimum atomic E-state index is -1.03. The Morgan fingerprint density at radius 1 is 1.35 bits per heavy atom. The molecule has 1 fully saturated rings. The molecule has 2 heterocycles. The molecular weight excluding hydrogens is 258 g/mol. The highest BCUT2D eigenvalue weighted by Crippen LogP contribution is 2.23. The van der Waals surface area contributed by atoms with Gasteiger partial charge in [0, 0.05) is 19.3 Å². The van der Waals surface area contributed by atoms with Crippen molar-refractivity contribution in [1.82, 2.24) is 14.7 Å². The largest absolute Gasteiger partial charge is 0.478 e. The molecule has 1 aliphatic heterocycles. The number of nitrogens with zero attached hydrogens (tertiary/aromatic N) is 3. The number of hydrogen-bond acceptors (Lipinski definition) is 3. The first kappa shape index (κ1) is 14.6. The van der Waals surface area contributed by atoms with Crippen LogP contribution in [-0.2, 0) is 4.79 Å². The standard InChI is InChI=1S/C14H21N3O3/c1-9-4-10(2)7-16(6-9)13(18)11(3)17-8-12(5-15-17)14(19)20/h5,8-11H,4,6-7H2,1-3H3,(H,19,20). The number of carbonyl (C=O) groups excluding carboxylic acids is 1. The second-order valence-electron chi connectivity index (χ2n) is 5.88. The van der Waals surface area contributed by atoms with Crippen LogP contribution >= 0.6 is 0 Å². The third-order valence-corrected chi connectivity index (χ3v) is 3.78. The summed E-state index contributed by atoms with van der Waals surface area (Å²) in [5, 5.41) is 12.9. The molecule has 2 rings (SSSR count). The molecule has 1 aromatic rings. The summed E-state index contributed by atoms with van der Waals surface area (Å²) in [5.41, 5.74) is 0.102. The summed E-state index contributed by atoms with van der Waals surface area (Å²) in [6.07, 6.45) is 3.82. The lowest BCUT2D eigenvalue weighted by Gasteiger charge is -2.36. The summed E-state index contributed by atoms with van der Waals surface area (Å²) in [6.45, 7) is 7.58. The van der Waals surface area contributed by atoms with E-state index >= 15 is 0 Å². The highest BCUT2D eigenvalue weighted by atomic mass is 16.4. The van der Waals surface area contributed by atoms with E-state index in [-0.39, 0.29) is 11.5 Å². The first-order valence-corrected chi connectivity index (χ1v) is 6.94. The number of aromatic carboxylic acids is 1. The molecule has 1 aromatic heterocycles. The summed E-state index contributed by atoms with van der Waals surface area (Å²) in [7, 11) is 0. The highest BCUT2D eigenvalue weighted by Gasteiger charge is 2.29. The van der Waals surface area contributed by atoms with E-state index in [1.165, 1.54) is 17.1 Å². The van der Waals surface area contributed by atoms with Gasteiger partial charge in [-0.2, -0.15) is 5.10 Å². The Kier molecular flexibility index (Phi) is 4.11. The van der Waals surface area contributed by atoms with Crippen molar-refractivity contribution in [2.24, 2.45) is 11.8 Å². The van der Waals surface area contributed by atoms with Gasteiger partial charge in [0.05, 0.1) is 11.8 Å². The van der Waals surface area contributed by atoms with Crippen molar-refractivity contribution in [2.75, 3.05) is 13.1 Å². The third kappa shape index (κ3) is 3.00. The number of hydrogen-bond donors (Lipinski definition) is 1. The van der Waals surface area contributed by atoms with Crippen molar-refractivity contribution in [1.29, 1.82) is 0 Å². The second-order valence-corrected chi connectivity index (χ2v) is 5.88. The van der Waals surface area contributed by atoms with Crippen molar-refractivity contribution < 1.29 is 14.7 Å². The van der Waals surface area contributed by atoms with Gasteiger partial charge < -0.3 is 10.0 Å². The maximum Gasteiger partial charge on any atom is 0.338 e. The molecule has 1 N–H and O–H groups in total. The summed E-state index contributed by atoms with van der Waals surface area (Å²) in [4.78, 5) is 25.2. The monoisotopic (exact) mass is 279 g/mol. The minimum Gasteiger partial charge on any atom is -0.478 e. The predicted octanol–water partition coefficient (Wildman–Crippen LogP) is 1.65. The van der Waals surface area contributed by atoms with Crippen LogP contribution < -0.4 is 0 Å². The lowest BCUT2D eigenvalue weighted by Crippen LogP contribution is -2.45. The Bertz CT molecular complexity index is 502. The molecule has 6 nitrogen and oxygen atoms in total. The second kappa shape index (κ2) is 5.64. The molecule has 0 spiro atoms. The van der Waals surface area contributed by atoms with E-state index in [1.54, 1.807) is 6.92 Å². The van der Waals surface area contributed by atoms with Gasteiger partial charge in [-0.25, -0.2) is 4.79 Å². The molecule has 0 radical (unpaired) electrons. The van der Waals surface area contributed by atoms with Crippen LogP contribution in [0.5, 0.6) is 0 Å². The van der Waals surface area contributed by atoms with Crippen LogP contribution in [0.4, 0.5) is 0 Å². The van der Waals surface area contributed by atoms with Gasteiger partial charge in [-0.1, -0.05) is 13.8 Å². The lowest BCUT2D eigenvalue weighted by molar-refractivity contribution is -0.137. The van der Waals surface area contributed by atoms with Gasteiger partial charge >= 0.3 is 5.97 Å². The van der Waals surface area contributed by atoms with Gasteiger partial charge in [-0.15, -0.1) is 0 Å². The van der Waals surface area contributed by atoms with Crippen molar-refractivity contribution in [3.63, 3.8) is 0 Å². The Labute approximate surface area is 118 Å². The van der Waals surface area contributed by atoms with E-state index in [9.17, 15) is 9.59 Å². The Morgan fingerprint density at radius 3 is 2.45 bits per heavy atom. The summed E-state index contributed by atoms with van der Waals surface area (Å²) < 4.78 is 1.43. The summed E-state index contributed by atoms with van der Waals surface area (Å²) in [5.74, 6) is -0.0243. The van der Waals surface area contributed by atoms with E-state index in [0.29, 0.717) is 11.8 Å². The normalized spacial score (nSPS) is 24.4. The molecule has 0 aliphatic carbocycles. The van der Waals surface area contributed by atoms with Crippen LogP contribution in [0.2, 0.25) is 0 Å². The predicted molar refractivity (Wildman–Crippen MR) is 73.4 cm³/mol. The number of amides is 1. The maximum absolute atomic E-state index is 12.5. The smallest absolute Gasteiger partial charge is 0.338 e. The summed E-state index contributed by atoms with van der Waals surface area (Å²) >= 11 is 0. The number of likely N-dealkylation sites (tertiary alicyclic amines) is 1. The van der Waals surface area contributed by atoms with Crippen molar-refractivity contribution >= 4 is 11.9 Å². The van der Waals surface area contributed by atoms with Gasteiger partial charge in [-0.05, 0) is 25.2 Å². The molecule has 6 heteroatoms. The molecule has 110 valence electrons. The maximum atomic E-state index is 12.5. The Morgan fingerprint density at radius 2 is 1.95 bits per heavy atom. The first-order chi connectivity index (χ1) is 9.38. The SMILES string of the molecule is CC1CC(C)CN(C(=O)C(C)n2cc(C(=O)O)cn2)C1. The number of carboxylic acids is 1. The van der Waals surface area contributed by atoms with Crippen LogP contribution in [0.3, 0.4) is 0 Å². The fourth-order valence-electron chi connectivity index (χ4n) is 2.88. The number of carboxylic acid groups (broad SMARTS) is 1. The molecule has 3 unspecified atom stereocenters. The van der Waals surface area contributed by atoms with Gasteiger partial charge in [0.25, 0.3) is 0 Å². The minimum absolute atomic E-state index is 0.00318. The fraction of sp³-hybridized carbons (Fsp3) is 0.643. The number of piperidine rings is 1. The van der Waals surface area contributed by atoms with Gasteiger partial charge in [-0.3, -0.25) is 9.48 Å². The molecule has 1 aliphatic rings. The van der Waals surface area contributed by atoms with E-state index in [2.05, 4.69) is 18.9 Å². The molecule has 1 amide bonds. The zero-order valence-electron chi connectivity index (χ0n) is 12.1. The Balaban J connectivity index is 2.09. The number of rotatable bonds is 3. The van der Waals surface area contributed by atoms with Crippen LogP contribution in [0.1, 0.15) is 43.6 Å². The van der Waals surface area contributed by atoms with E-state index < -0.39 is 12.0 Å².